The van der Waals surface area contributed by atoms with E-state index in [0.29, 0.717) is 10.8 Å². The van der Waals surface area contributed by atoms with Crippen molar-refractivity contribution in [3.8, 4) is 0 Å². The molecule has 0 unspecified atom stereocenters. The highest BCUT2D eigenvalue weighted by atomic mass is 32.2. The third kappa shape index (κ3) is 3.68. The van der Waals surface area contributed by atoms with Gasteiger partial charge in [-0.1, -0.05) is 36.4 Å². The van der Waals surface area contributed by atoms with Crippen LogP contribution >= 0.6 is 11.8 Å². The molecule has 0 spiro atoms. The van der Waals surface area contributed by atoms with E-state index in [-0.39, 0.29) is 11.6 Å². The van der Waals surface area contributed by atoms with Gasteiger partial charge in [-0.2, -0.15) is 0 Å². The van der Waals surface area contributed by atoms with Crippen LogP contribution in [0.15, 0.2) is 59.0 Å². The monoisotopic (exact) mass is 287 g/mol. The first-order valence-electron chi connectivity index (χ1n) is 6.48. The van der Waals surface area contributed by atoms with E-state index in [1.807, 2.05) is 30.4 Å². The fourth-order valence-electron chi connectivity index (χ4n) is 1.91. The van der Waals surface area contributed by atoms with E-state index in [1.165, 1.54) is 11.8 Å². The van der Waals surface area contributed by atoms with Crippen LogP contribution in [0.5, 0.6) is 0 Å². The minimum atomic E-state index is -1.04. The van der Waals surface area contributed by atoms with Crippen LogP contribution in [0.2, 0.25) is 0 Å². The van der Waals surface area contributed by atoms with E-state index in [4.69, 9.17) is 5.73 Å². The lowest BCUT2D eigenvalue weighted by atomic mass is 9.97. The van der Waals surface area contributed by atoms with E-state index in [2.05, 4.69) is 12.1 Å². The SMILES string of the molecule is CC(=O)[C@H](N)C(=O)C1=CC[C@@H](Sc2ccccc2)C=C1. The van der Waals surface area contributed by atoms with E-state index in [9.17, 15) is 9.59 Å². The van der Waals surface area contributed by atoms with Crippen LogP contribution in [-0.4, -0.2) is 22.9 Å². The largest absolute Gasteiger partial charge is 0.315 e. The van der Waals surface area contributed by atoms with E-state index in [1.54, 1.807) is 17.8 Å². The van der Waals surface area contributed by atoms with Crippen molar-refractivity contribution in [3.05, 3.63) is 54.1 Å². The lowest BCUT2D eigenvalue weighted by molar-refractivity contribution is -0.125. The van der Waals surface area contributed by atoms with Crippen molar-refractivity contribution in [3.63, 3.8) is 0 Å². The minimum Gasteiger partial charge on any atom is -0.315 e. The van der Waals surface area contributed by atoms with Crippen molar-refractivity contribution >= 4 is 23.3 Å². The highest BCUT2D eigenvalue weighted by Gasteiger charge is 2.22. The molecule has 1 aliphatic carbocycles. The van der Waals surface area contributed by atoms with Gasteiger partial charge in [0, 0.05) is 15.7 Å². The third-order valence-electron chi connectivity index (χ3n) is 3.10. The molecule has 1 aromatic carbocycles. The van der Waals surface area contributed by atoms with Gasteiger partial charge in [-0.3, -0.25) is 9.59 Å². The van der Waals surface area contributed by atoms with Gasteiger partial charge >= 0.3 is 0 Å². The molecule has 0 radical (unpaired) electrons. The molecule has 2 atom stereocenters. The predicted octanol–water partition coefficient (Wildman–Crippen LogP) is 2.52. The molecule has 3 nitrogen and oxygen atoms in total. The van der Waals surface area contributed by atoms with Crippen molar-refractivity contribution in [2.24, 2.45) is 5.73 Å². The number of ketones is 2. The van der Waals surface area contributed by atoms with Crippen molar-refractivity contribution < 1.29 is 9.59 Å². The molecule has 0 saturated carbocycles. The Morgan fingerprint density at radius 3 is 2.55 bits per heavy atom. The summed E-state index contributed by atoms with van der Waals surface area (Å²) < 4.78 is 0. The number of hydrogen-bond donors (Lipinski definition) is 1. The minimum absolute atomic E-state index is 0.295. The summed E-state index contributed by atoms with van der Waals surface area (Å²) in [7, 11) is 0. The van der Waals surface area contributed by atoms with Gasteiger partial charge in [0.1, 0.15) is 6.04 Å². The van der Waals surface area contributed by atoms with Gasteiger partial charge in [0.05, 0.1) is 0 Å². The fraction of sp³-hybridized carbons (Fsp3) is 0.250. The average Bonchev–Trinajstić information content (AvgIpc) is 2.47. The molecule has 0 saturated heterocycles. The number of Topliss-reactive ketones (excluding diaryl/α,β-unsaturated/α-hetero) is 2. The number of benzene rings is 1. The number of allylic oxidation sites excluding steroid dienone is 2. The van der Waals surface area contributed by atoms with Crippen LogP contribution in [0.4, 0.5) is 0 Å². The van der Waals surface area contributed by atoms with Gasteiger partial charge in [-0.25, -0.2) is 0 Å². The highest BCUT2D eigenvalue weighted by Crippen LogP contribution is 2.29. The highest BCUT2D eigenvalue weighted by molar-refractivity contribution is 8.00. The summed E-state index contributed by atoms with van der Waals surface area (Å²) in [6, 6.07) is 9.09. The third-order valence-corrected chi connectivity index (χ3v) is 4.29. The molecule has 0 fully saturated rings. The molecule has 1 aliphatic rings. The van der Waals surface area contributed by atoms with Gasteiger partial charge in [-0.15, -0.1) is 11.8 Å². The molecule has 104 valence electrons. The first-order valence-corrected chi connectivity index (χ1v) is 7.36. The van der Waals surface area contributed by atoms with E-state index in [0.717, 1.165) is 6.42 Å². The summed E-state index contributed by atoms with van der Waals surface area (Å²) in [5, 5.41) is 0.308. The van der Waals surface area contributed by atoms with Crippen LogP contribution in [-0.2, 0) is 9.59 Å². The summed E-state index contributed by atoms with van der Waals surface area (Å²) in [6.07, 6.45) is 6.40. The molecule has 0 aliphatic heterocycles. The van der Waals surface area contributed by atoms with Crippen molar-refractivity contribution in [2.75, 3.05) is 0 Å². The molecule has 0 bridgehead atoms. The number of hydrogen-bond acceptors (Lipinski definition) is 4. The van der Waals surface area contributed by atoms with Crippen molar-refractivity contribution in [2.45, 2.75) is 29.5 Å². The quantitative estimate of drug-likeness (QED) is 0.845. The van der Waals surface area contributed by atoms with Crippen molar-refractivity contribution in [1.82, 2.24) is 0 Å². The first-order chi connectivity index (χ1) is 9.58. The smallest absolute Gasteiger partial charge is 0.186 e. The molecule has 4 heteroatoms. The fourth-order valence-corrected chi connectivity index (χ4v) is 2.92. The normalized spacial score (nSPS) is 19.3. The predicted molar refractivity (Wildman–Crippen MR) is 81.6 cm³/mol. The molecule has 20 heavy (non-hydrogen) atoms. The zero-order valence-electron chi connectivity index (χ0n) is 11.3. The van der Waals surface area contributed by atoms with Gasteiger partial charge in [0.15, 0.2) is 11.6 Å². The maximum Gasteiger partial charge on any atom is 0.186 e. The Kier molecular flexibility index (Phi) is 4.93. The summed E-state index contributed by atoms with van der Waals surface area (Å²) in [5.41, 5.74) is 6.11. The lowest BCUT2D eigenvalue weighted by Crippen LogP contribution is -2.38. The van der Waals surface area contributed by atoms with Crippen LogP contribution in [0, 0.1) is 0 Å². The Bertz CT molecular complexity index is 563. The van der Waals surface area contributed by atoms with Crippen LogP contribution in [0.3, 0.4) is 0 Å². The zero-order valence-corrected chi connectivity index (χ0v) is 12.1. The Morgan fingerprint density at radius 2 is 2.00 bits per heavy atom. The average molecular weight is 287 g/mol. The maximum absolute atomic E-state index is 11.9. The van der Waals surface area contributed by atoms with Gasteiger partial charge in [-0.05, 0) is 25.5 Å². The van der Waals surface area contributed by atoms with E-state index >= 15 is 0 Å². The number of carbonyl (C=O) groups excluding carboxylic acids is 2. The van der Waals surface area contributed by atoms with Crippen LogP contribution in [0.1, 0.15) is 13.3 Å². The Hall–Kier alpha value is -1.65. The number of thioether (sulfide) groups is 1. The summed E-state index contributed by atoms with van der Waals surface area (Å²) in [5.74, 6) is -0.595. The molecular weight excluding hydrogens is 270 g/mol. The van der Waals surface area contributed by atoms with E-state index < -0.39 is 6.04 Å². The standard InChI is InChI=1S/C16H17NO2S/c1-11(18)15(17)16(19)12-7-9-14(10-8-12)20-13-5-3-2-4-6-13/h2-9,14-15H,10,17H2,1H3/t14-,15-/m0/s1. The number of nitrogens with two attached hydrogens (primary N) is 1. The molecular formula is C16H17NO2S. The topological polar surface area (TPSA) is 60.2 Å². The Labute approximate surface area is 122 Å². The maximum atomic E-state index is 11.9. The second-order valence-corrected chi connectivity index (χ2v) is 5.99. The summed E-state index contributed by atoms with van der Waals surface area (Å²) in [6.45, 7) is 1.34. The Balaban J connectivity index is 1.96. The zero-order chi connectivity index (χ0) is 14.5. The lowest BCUT2D eigenvalue weighted by Gasteiger charge is -2.16. The summed E-state index contributed by atoms with van der Waals surface area (Å²) >= 11 is 1.75. The van der Waals surface area contributed by atoms with Crippen LogP contribution < -0.4 is 5.73 Å². The number of rotatable bonds is 5. The first kappa shape index (κ1) is 14.8. The molecule has 2 rings (SSSR count). The molecule has 0 aromatic heterocycles. The second-order valence-electron chi connectivity index (χ2n) is 4.68. The van der Waals surface area contributed by atoms with Crippen molar-refractivity contribution in [1.29, 1.82) is 0 Å². The van der Waals surface area contributed by atoms with Crippen LogP contribution in [0.25, 0.3) is 0 Å². The van der Waals surface area contributed by atoms with Gasteiger partial charge in [0.2, 0.25) is 0 Å². The molecule has 1 aromatic rings. The Morgan fingerprint density at radius 1 is 1.30 bits per heavy atom. The van der Waals surface area contributed by atoms with Gasteiger partial charge in [0.25, 0.3) is 0 Å². The number of carbonyl (C=O) groups is 2. The second kappa shape index (κ2) is 6.68. The molecule has 0 heterocycles. The van der Waals surface area contributed by atoms with Gasteiger partial charge < -0.3 is 5.73 Å². The molecule has 0 amide bonds. The summed E-state index contributed by atoms with van der Waals surface area (Å²) in [4.78, 5) is 24.3. The molecule has 2 N–H and O–H groups in total.